The van der Waals surface area contributed by atoms with Crippen LogP contribution in [0.1, 0.15) is 75.8 Å². The number of hydrogen-bond acceptors (Lipinski definition) is 9. The maximum atomic E-state index is 13.3. The number of hydrogen-bond donors (Lipinski definition) is 7. The van der Waals surface area contributed by atoms with Gasteiger partial charge in [0.1, 0.15) is 30.5 Å². The van der Waals surface area contributed by atoms with Crippen LogP contribution in [-0.4, -0.2) is 99.5 Å². The van der Waals surface area contributed by atoms with E-state index in [-0.39, 0.29) is 37.8 Å². The fourth-order valence-electron chi connectivity index (χ4n) is 6.44. The van der Waals surface area contributed by atoms with Crippen molar-refractivity contribution in [2.24, 2.45) is 0 Å². The van der Waals surface area contributed by atoms with Crippen LogP contribution < -0.4 is 10.6 Å². The summed E-state index contributed by atoms with van der Waals surface area (Å²) in [6, 6.07) is 16.4. The van der Waals surface area contributed by atoms with Crippen LogP contribution in [0.5, 0.6) is 0 Å². The molecule has 1 aliphatic rings. The van der Waals surface area contributed by atoms with Crippen LogP contribution in [0.25, 0.3) is 10.8 Å². The number of unbranched alkanes of at least 4 members (excludes halogenated alkanes) is 7. The smallest absolute Gasteiger partial charge is 0.224 e. The average Bonchev–Trinajstić information content (AvgIpc) is 3.14. The van der Waals surface area contributed by atoms with Crippen molar-refractivity contribution < 1.29 is 53.4 Å². The second kappa shape index (κ2) is 21.4. The Morgan fingerprint density at radius 3 is 2.13 bits per heavy atom. The molecular formula is C40H54F2N2O9. The normalized spacial score (nSPS) is 21.9. The third-order valence-electron chi connectivity index (χ3n) is 9.64. The second-order valence-electron chi connectivity index (χ2n) is 14.0. The van der Waals surface area contributed by atoms with Gasteiger partial charge in [-0.05, 0) is 60.2 Å². The molecule has 0 saturated carbocycles. The molecule has 11 nitrogen and oxygen atoms in total. The van der Waals surface area contributed by atoms with Gasteiger partial charge in [0.15, 0.2) is 17.9 Å². The van der Waals surface area contributed by atoms with E-state index in [1.807, 2.05) is 42.5 Å². The maximum absolute atomic E-state index is 13.3. The molecule has 8 atom stereocenters. The molecule has 1 aliphatic heterocycles. The summed E-state index contributed by atoms with van der Waals surface area (Å²) in [4.78, 5) is 25.5. The van der Waals surface area contributed by atoms with E-state index >= 15 is 0 Å². The van der Waals surface area contributed by atoms with Gasteiger partial charge < -0.3 is 45.6 Å². The Balaban J connectivity index is 1.15. The number of carbonyl (C=O) groups is 2. The first kappa shape index (κ1) is 42.2. The Morgan fingerprint density at radius 2 is 1.43 bits per heavy atom. The molecule has 1 heterocycles. The number of halogens is 2. The zero-order chi connectivity index (χ0) is 38.3. The zero-order valence-corrected chi connectivity index (χ0v) is 30.2. The quantitative estimate of drug-likeness (QED) is 0.0804. The van der Waals surface area contributed by atoms with Crippen LogP contribution >= 0.6 is 0 Å². The van der Waals surface area contributed by atoms with Crippen molar-refractivity contribution in [1.29, 1.82) is 0 Å². The SMILES string of the molecule is C[C@@H](O)[C@@H](O)[C@H](CO[C@H]1OC(CNC(=O)Cc2ccc3ccccc3c2)[C@H](O)C(O)C1O)NC(=O)CCCCCCCCCCc1ccc(F)c(F)c1. The summed E-state index contributed by atoms with van der Waals surface area (Å²) in [6.45, 7) is 0.780. The van der Waals surface area contributed by atoms with Crippen molar-refractivity contribution in [2.45, 2.75) is 127 Å². The minimum atomic E-state index is -1.67. The van der Waals surface area contributed by atoms with Crippen molar-refractivity contribution in [2.75, 3.05) is 13.2 Å². The molecule has 53 heavy (non-hydrogen) atoms. The number of benzene rings is 3. The highest BCUT2D eigenvalue weighted by atomic mass is 19.2. The molecule has 0 radical (unpaired) electrons. The van der Waals surface area contributed by atoms with Gasteiger partial charge in [-0.2, -0.15) is 0 Å². The van der Waals surface area contributed by atoms with Gasteiger partial charge in [0.25, 0.3) is 0 Å². The van der Waals surface area contributed by atoms with Gasteiger partial charge in [-0.3, -0.25) is 9.59 Å². The topological polar surface area (TPSA) is 178 Å². The average molecular weight is 745 g/mol. The molecule has 1 fully saturated rings. The Bertz CT molecular complexity index is 1590. The summed E-state index contributed by atoms with van der Waals surface area (Å²) in [5.74, 6) is -2.36. The van der Waals surface area contributed by atoms with Crippen LogP contribution in [-0.2, 0) is 31.9 Å². The Hall–Kier alpha value is -3.56. The first-order valence-corrected chi connectivity index (χ1v) is 18.6. The fourth-order valence-corrected chi connectivity index (χ4v) is 6.44. The maximum Gasteiger partial charge on any atom is 0.224 e. The highest BCUT2D eigenvalue weighted by Gasteiger charge is 2.44. The van der Waals surface area contributed by atoms with E-state index in [9.17, 15) is 43.9 Å². The van der Waals surface area contributed by atoms with Crippen LogP contribution in [0.2, 0.25) is 0 Å². The number of fused-ring (bicyclic) bond motifs is 1. The molecule has 3 aromatic rings. The minimum absolute atomic E-state index is 0.0727. The third kappa shape index (κ3) is 13.4. The van der Waals surface area contributed by atoms with Crippen molar-refractivity contribution in [3.63, 3.8) is 0 Å². The Kier molecular flexibility index (Phi) is 17.0. The molecule has 0 spiro atoms. The van der Waals surface area contributed by atoms with Gasteiger partial charge in [-0.15, -0.1) is 0 Å². The van der Waals surface area contributed by atoms with E-state index in [1.165, 1.54) is 13.0 Å². The third-order valence-corrected chi connectivity index (χ3v) is 9.64. The minimum Gasteiger partial charge on any atom is -0.391 e. The van der Waals surface area contributed by atoms with Crippen LogP contribution in [0, 0.1) is 11.6 Å². The van der Waals surface area contributed by atoms with Crippen molar-refractivity contribution in [1.82, 2.24) is 10.6 Å². The first-order chi connectivity index (χ1) is 25.4. The van der Waals surface area contributed by atoms with E-state index in [1.54, 1.807) is 6.07 Å². The van der Waals surface area contributed by atoms with Crippen LogP contribution in [0.15, 0.2) is 60.7 Å². The molecule has 4 rings (SSSR count). The molecule has 3 aromatic carbocycles. The lowest BCUT2D eigenvalue weighted by molar-refractivity contribution is -0.297. The number of aliphatic hydroxyl groups is 5. The summed E-state index contributed by atoms with van der Waals surface area (Å²) >= 11 is 0. The monoisotopic (exact) mass is 744 g/mol. The van der Waals surface area contributed by atoms with Gasteiger partial charge in [-0.1, -0.05) is 87.1 Å². The number of carbonyl (C=O) groups excluding carboxylic acids is 2. The number of amides is 2. The van der Waals surface area contributed by atoms with Gasteiger partial charge in [0.05, 0.1) is 25.2 Å². The van der Waals surface area contributed by atoms with E-state index in [0.717, 1.165) is 72.9 Å². The number of aryl methyl sites for hydroxylation is 1. The van der Waals surface area contributed by atoms with Crippen molar-refractivity contribution in [3.05, 3.63) is 83.4 Å². The summed E-state index contributed by atoms with van der Waals surface area (Å²) in [7, 11) is 0. The molecule has 2 amide bonds. The lowest BCUT2D eigenvalue weighted by atomic mass is 9.98. The number of nitrogens with one attached hydrogen (secondary N) is 2. The highest BCUT2D eigenvalue weighted by Crippen LogP contribution is 2.23. The molecule has 0 bridgehead atoms. The second-order valence-corrected chi connectivity index (χ2v) is 14.0. The van der Waals surface area contributed by atoms with Gasteiger partial charge in [0.2, 0.25) is 11.8 Å². The largest absolute Gasteiger partial charge is 0.391 e. The predicted octanol–water partition coefficient (Wildman–Crippen LogP) is 3.58. The molecule has 3 unspecified atom stereocenters. The molecule has 0 aromatic heterocycles. The summed E-state index contributed by atoms with van der Waals surface area (Å²) in [6.07, 6.45) is -1.84. The number of rotatable bonds is 21. The van der Waals surface area contributed by atoms with Crippen molar-refractivity contribution >= 4 is 22.6 Å². The summed E-state index contributed by atoms with van der Waals surface area (Å²) in [5.41, 5.74) is 1.58. The number of ether oxygens (including phenoxy) is 2. The summed E-state index contributed by atoms with van der Waals surface area (Å²) < 4.78 is 37.8. The highest BCUT2D eigenvalue weighted by molar-refractivity contribution is 5.85. The molecule has 292 valence electrons. The first-order valence-electron chi connectivity index (χ1n) is 18.6. The molecular weight excluding hydrogens is 690 g/mol. The number of aliphatic hydroxyl groups excluding tert-OH is 5. The Morgan fingerprint density at radius 1 is 0.774 bits per heavy atom. The van der Waals surface area contributed by atoms with E-state index < -0.39 is 60.6 Å². The molecule has 1 saturated heterocycles. The zero-order valence-electron chi connectivity index (χ0n) is 30.2. The predicted molar refractivity (Wildman–Crippen MR) is 195 cm³/mol. The van der Waals surface area contributed by atoms with E-state index in [0.29, 0.717) is 12.8 Å². The standard InChI is InChI=1S/C40H54F2N2O9/c1-25(45)36(48)32(44-34(46)15-9-7-5-3-2-4-6-8-12-26-17-19-30(41)31(42)21-26)24-52-40-39(51)38(50)37(49)33(53-40)23-43-35(47)22-27-16-18-28-13-10-11-14-29(28)20-27/h10-11,13-14,16-21,25,32-33,36-40,45,48-51H,2-9,12,15,22-24H2,1H3,(H,43,47)(H,44,46)/t25-,32+,33?,36-,37+,38?,39?,40+/m1/s1. The molecule has 7 N–H and O–H groups in total. The van der Waals surface area contributed by atoms with Crippen molar-refractivity contribution in [3.8, 4) is 0 Å². The fraction of sp³-hybridized carbons (Fsp3) is 0.550. The van der Waals surface area contributed by atoms with E-state index in [4.69, 9.17) is 9.47 Å². The molecule has 0 aliphatic carbocycles. The van der Waals surface area contributed by atoms with Gasteiger partial charge in [-0.25, -0.2) is 8.78 Å². The van der Waals surface area contributed by atoms with Crippen LogP contribution in [0.4, 0.5) is 8.78 Å². The van der Waals surface area contributed by atoms with Gasteiger partial charge >= 0.3 is 0 Å². The van der Waals surface area contributed by atoms with E-state index in [2.05, 4.69) is 10.6 Å². The lowest BCUT2D eigenvalue weighted by Gasteiger charge is -2.41. The van der Waals surface area contributed by atoms with Gasteiger partial charge in [0, 0.05) is 13.0 Å². The Labute approximate surface area is 309 Å². The van der Waals surface area contributed by atoms with Crippen LogP contribution in [0.3, 0.4) is 0 Å². The molecule has 13 heteroatoms. The lowest BCUT2D eigenvalue weighted by Crippen LogP contribution is -2.61. The summed E-state index contributed by atoms with van der Waals surface area (Å²) in [5, 5.41) is 59.7.